The Hall–Kier alpha value is -1.02. The summed E-state index contributed by atoms with van der Waals surface area (Å²) >= 11 is 5.89. The van der Waals surface area contributed by atoms with E-state index in [-0.39, 0.29) is 0 Å². The molecule has 3 heteroatoms. The van der Waals surface area contributed by atoms with Gasteiger partial charge in [0.2, 0.25) is 0 Å². The Kier molecular flexibility index (Phi) is 1.36. The van der Waals surface area contributed by atoms with Gasteiger partial charge in [0.1, 0.15) is 0 Å². The van der Waals surface area contributed by atoms with Gasteiger partial charge >= 0.3 is 0 Å². The molecule has 0 aromatic carbocycles. The van der Waals surface area contributed by atoms with Crippen LogP contribution in [0.5, 0.6) is 0 Å². The number of pyridine rings is 1. The molecular weight excluding hydrogens is 160 g/mol. The Balaban J connectivity index is 2.94. The van der Waals surface area contributed by atoms with Crippen LogP contribution in [0.1, 0.15) is 5.69 Å². The molecule has 0 amide bonds. The molecule has 0 radical (unpaired) electrons. The molecule has 0 atom stereocenters. The third-order valence-electron chi connectivity index (χ3n) is 1.74. The predicted octanol–water partition coefficient (Wildman–Crippen LogP) is 2.52. The lowest BCUT2D eigenvalue weighted by Crippen LogP contribution is -1.79. The zero-order valence-electron chi connectivity index (χ0n) is 6.06. The van der Waals surface area contributed by atoms with Crippen LogP contribution in [0.3, 0.4) is 0 Å². The first-order valence-corrected chi connectivity index (χ1v) is 3.75. The molecule has 2 nitrogen and oxygen atoms in total. The van der Waals surface area contributed by atoms with E-state index in [4.69, 9.17) is 11.6 Å². The van der Waals surface area contributed by atoms with Gasteiger partial charge < -0.3 is 4.98 Å². The van der Waals surface area contributed by atoms with Crippen molar-refractivity contribution in [2.24, 2.45) is 0 Å². The molecule has 2 aromatic rings. The number of fused-ring (bicyclic) bond motifs is 1. The van der Waals surface area contributed by atoms with Gasteiger partial charge in [-0.2, -0.15) is 0 Å². The van der Waals surface area contributed by atoms with Crippen molar-refractivity contribution in [3.63, 3.8) is 0 Å². The van der Waals surface area contributed by atoms with E-state index in [9.17, 15) is 0 Å². The van der Waals surface area contributed by atoms with Crippen LogP contribution in [-0.2, 0) is 0 Å². The monoisotopic (exact) mass is 166 g/mol. The summed E-state index contributed by atoms with van der Waals surface area (Å²) in [6.07, 6.45) is 3.54. The number of rotatable bonds is 0. The van der Waals surface area contributed by atoms with Crippen LogP contribution in [0.2, 0.25) is 5.02 Å². The van der Waals surface area contributed by atoms with E-state index >= 15 is 0 Å². The van der Waals surface area contributed by atoms with Crippen molar-refractivity contribution in [1.82, 2.24) is 9.97 Å². The van der Waals surface area contributed by atoms with Crippen molar-refractivity contribution in [3.8, 4) is 0 Å². The number of nitrogens with one attached hydrogen (secondary N) is 1. The lowest BCUT2D eigenvalue weighted by atomic mass is 10.3. The van der Waals surface area contributed by atoms with Gasteiger partial charge in [-0.15, -0.1) is 0 Å². The van der Waals surface area contributed by atoms with Gasteiger partial charge in [0.15, 0.2) is 0 Å². The SMILES string of the molecule is Cc1nccc2c(Cl)c[nH]c12. The third-order valence-corrected chi connectivity index (χ3v) is 2.05. The number of hydrogen-bond acceptors (Lipinski definition) is 1. The average Bonchev–Trinajstić information content (AvgIpc) is 2.35. The Bertz CT molecular complexity index is 392. The predicted molar refractivity (Wildman–Crippen MR) is 45.8 cm³/mol. The van der Waals surface area contributed by atoms with Crippen LogP contribution in [0.25, 0.3) is 10.9 Å². The van der Waals surface area contributed by atoms with Gasteiger partial charge in [-0.05, 0) is 13.0 Å². The molecule has 2 aromatic heterocycles. The molecule has 0 saturated heterocycles. The Morgan fingerprint density at radius 3 is 3.09 bits per heavy atom. The second-order valence-electron chi connectivity index (χ2n) is 2.46. The minimum Gasteiger partial charge on any atom is -0.358 e. The number of H-pyrrole nitrogens is 1. The number of aryl methyl sites for hydroxylation is 1. The maximum Gasteiger partial charge on any atom is 0.0685 e. The minimum absolute atomic E-state index is 0.755. The number of aromatic nitrogens is 2. The quantitative estimate of drug-likeness (QED) is 0.640. The zero-order chi connectivity index (χ0) is 7.84. The molecule has 0 aliphatic rings. The maximum atomic E-state index is 5.89. The topological polar surface area (TPSA) is 28.7 Å². The number of halogens is 1. The molecule has 0 saturated carbocycles. The lowest BCUT2D eigenvalue weighted by molar-refractivity contribution is 1.22. The third kappa shape index (κ3) is 0.906. The largest absolute Gasteiger partial charge is 0.358 e. The molecule has 0 aliphatic heterocycles. The molecule has 0 fully saturated rings. The van der Waals surface area contributed by atoms with Crippen LogP contribution in [-0.4, -0.2) is 9.97 Å². The summed E-state index contributed by atoms with van der Waals surface area (Å²) < 4.78 is 0. The normalized spacial score (nSPS) is 10.7. The molecule has 2 heterocycles. The second kappa shape index (κ2) is 2.24. The fraction of sp³-hybridized carbons (Fsp3) is 0.125. The van der Waals surface area contributed by atoms with E-state index in [0.29, 0.717) is 0 Å². The highest BCUT2D eigenvalue weighted by Gasteiger charge is 2.01. The van der Waals surface area contributed by atoms with E-state index in [1.54, 1.807) is 12.4 Å². The Morgan fingerprint density at radius 1 is 1.55 bits per heavy atom. The Labute approximate surface area is 69.2 Å². The van der Waals surface area contributed by atoms with Crippen LogP contribution in [0.15, 0.2) is 18.5 Å². The highest BCUT2D eigenvalue weighted by Crippen LogP contribution is 2.23. The van der Waals surface area contributed by atoms with Crippen molar-refractivity contribution >= 4 is 22.5 Å². The minimum atomic E-state index is 0.755. The molecular formula is C8H7ClN2. The molecule has 0 aliphatic carbocycles. The van der Waals surface area contributed by atoms with Crippen molar-refractivity contribution in [2.75, 3.05) is 0 Å². The van der Waals surface area contributed by atoms with Gasteiger partial charge in [0.25, 0.3) is 0 Å². The summed E-state index contributed by atoms with van der Waals surface area (Å²) in [5.41, 5.74) is 2.01. The standard InChI is InChI=1S/C8H7ClN2/c1-5-8-6(2-3-10-5)7(9)4-11-8/h2-4,11H,1H3. The van der Waals surface area contributed by atoms with Gasteiger partial charge in [0, 0.05) is 17.8 Å². The van der Waals surface area contributed by atoms with Crippen molar-refractivity contribution in [2.45, 2.75) is 6.92 Å². The highest BCUT2D eigenvalue weighted by atomic mass is 35.5. The smallest absolute Gasteiger partial charge is 0.0685 e. The fourth-order valence-electron chi connectivity index (χ4n) is 1.16. The number of aromatic amines is 1. The first-order chi connectivity index (χ1) is 5.29. The zero-order valence-corrected chi connectivity index (χ0v) is 6.81. The first-order valence-electron chi connectivity index (χ1n) is 3.37. The molecule has 11 heavy (non-hydrogen) atoms. The van der Waals surface area contributed by atoms with E-state index in [0.717, 1.165) is 21.6 Å². The first kappa shape index (κ1) is 6.68. The molecule has 2 rings (SSSR count). The maximum absolute atomic E-state index is 5.89. The summed E-state index contributed by atoms with van der Waals surface area (Å²) in [6.45, 7) is 1.95. The average molecular weight is 167 g/mol. The summed E-state index contributed by atoms with van der Waals surface area (Å²) in [4.78, 5) is 7.19. The fourth-order valence-corrected chi connectivity index (χ4v) is 1.37. The van der Waals surface area contributed by atoms with E-state index < -0.39 is 0 Å². The molecule has 0 spiro atoms. The highest BCUT2D eigenvalue weighted by molar-refractivity contribution is 6.35. The van der Waals surface area contributed by atoms with Crippen molar-refractivity contribution in [1.29, 1.82) is 0 Å². The van der Waals surface area contributed by atoms with Crippen LogP contribution in [0.4, 0.5) is 0 Å². The number of nitrogens with zero attached hydrogens (tertiary/aromatic N) is 1. The van der Waals surface area contributed by atoms with Gasteiger partial charge in [-0.25, -0.2) is 0 Å². The van der Waals surface area contributed by atoms with Gasteiger partial charge in [0.05, 0.1) is 16.2 Å². The van der Waals surface area contributed by atoms with E-state index in [2.05, 4.69) is 9.97 Å². The summed E-state index contributed by atoms with van der Waals surface area (Å²) in [6, 6.07) is 1.90. The van der Waals surface area contributed by atoms with E-state index in [1.165, 1.54) is 0 Å². The second-order valence-corrected chi connectivity index (χ2v) is 2.86. The van der Waals surface area contributed by atoms with Crippen molar-refractivity contribution < 1.29 is 0 Å². The van der Waals surface area contributed by atoms with Crippen LogP contribution >= 0.6 is 11.6 Å². The summed E-state index contributed by atoms with van der Waals surface area (Å²) in [5, 5.41) is 1.80. The van der Waals surface area contributed by atoms with Crippen molar-refractivity contribution in [3.05, 3.63) is 29.2 Å². The summed E-state index contributed by atoms with van der Waals surface area (Å²) in [5.74, 6) is 0. The van der Waals surface area contributed by atoms with Crippen LogP contribution in [0, 0.1) is 6.92 Å². The van der Waals surface area contributed by atoms with Crippen LogP contribution < -0.4 is 0 Å². The van der Waals surface area contributed by atoms with E-state index in [1.807, 2.05) is 13.0 Å². The molecule has 0 unspecified atom stereocenters. The lowest BCUT2D eigenvalue weighted by Gasteiger charge is -1.92. The molecule has 1 N–H and O–H groups in total. The summed E-state index contributed by atoms with van der Waals surface area (Å²) in [7, 11) is 0. The van der Waals surface area contributed by atoms with Gasteiger partial charge in [-0.1, -0.05) is 11.6 Å². The number of hydrogen-bond donors (Lipinski definition) is 1. The Morgan fingerprint density at radius 2 is 2.36 bits per heavy atom. The van der Waals surface area contributed by atoms with Gasteiger partial charge in [-0.3, -0.25) is 4.98 Å². The molecule has 0 bridgehead atoms. The molecule has 56 valence electrons.